The van der Waals surface area contributed by atoms with E-state index in [-0.39, 0.29) is 5.91 Å². The fraction of sp³-hybridized carbons (Fsp3) is 0.250. The lowest BCUT2D eigenvalue weighted by atomic mass is 10.2. The lowest BCUT2D eigenvalue weighted by Crippen LogP contribution is -2.28. The Morgan fingerprint density at radius 3 is 2.95 bits per heavy atom. The van der Waals surface area contributed by atoms with Gasteiger partial charge in [0.1, 0.15) is 5.82 Å². The van der Waals surface area contributed by atoms with Crippen LogP contribution in [0.1, 0.15) is 16.2 Å². The number of carbonyl (C=O) groups excluding carboxylic acids is 1. The average molecular weight is 260 g/mol. The smallest absolute Gasteiger partial charge is 0.257 e. The van der Waals surface area contributed by atoms with Crippen molar-refractivity contribution in [2.45, 2.75) is 6.54 Å². The Morgan fingerprint density at radius 1 is 1.53 bits per heavy atom. The van der Waals surface area contributed by atoms with Gasteiger partial charge in [-0.3, -0.25) is 15.6 Å². The Morgan fingerprint density at radius 2 is 2.32 bits per heavy atom. The largest absolute Gasteiger partial charge is 0.337 e. The van der Waals surface area contributed by atoms with Crippen molar-refractivity contribution in [3.8, 4) is 0 Å². The molecule has 2 heterocycles. The summed E-state index contributed by atoms with van der Waals surface area (Å²) >= 11 is 0. The van der Waals surface area contributed by atoms with E-state index in [1.165, 1.54) is 6.20 Å². The number of anilines is 1. The molecule has 0 aliphatic heterocycles. The van der Waals surface area contributed by atoms with Crippen LogP contribution >= 0.6 is 0 Å². The molecule has 0 aromatic carbocycles. The van der Waals surface area contributed by atoms with Crippen LogP contribution in [-0.4, -0.2) is 32.4 Å². The normalized spacial score (nSPS) is 10.3. The molecular formula is C12H16N6O. The summed E-state index contributed by atoms with van der Waals surface area (Å²) < 4.78 is 1.87. The van der Waals surface area contributed by atoms with Gasteiger partial charge in [-0.15, -0.1) is 0 Å². The highest BCUT2D eigenvalue weighted by atomic mass is 16.2. The Balaban J connectivity index is 2.17. The van der Waals surface area contributed by atoms with Gasteiger partial charge in [-0.1, -0.05) is 0 Å². The van der Waals surface area contributed by atoms with Gasteiger partial charge in [0.15, 0.2) is 0 Å². The molecule has 7 nitrogen and oxygen atoms in total. The summed E-state index contributed by atoms with van der Waals surface area (Å²) in [5, 5.41) is 0. The van der Waals surface area contributed by atoms with E-state index in [9.17, 15) is 4.79 Å². The standard InChI is InChI=1S/C12H16N6O/c1-17-6-5-15-11(17)8-18(2)12(19)9-7-14-4-3-10(9)16-13/h3-7H,8,13H2,1-2H3,(H,14,16). The molecule has 0 fully saturated rings. The predicted molar refractivity (Wildman–Crippen MR) is 71.1 cm³/mol. The van der Waals surface area contributed by atoms with Crippen LogP contribution in [0.25, 0.3) is 0 Å². The van der Waals surface area contributed by atoms with E-state index in [1.807, 2.05) is 17.8 Å². The van der Waals surface area contributed by atoms with Crippen LogP contribution in [0.2, 0.25) is 0 Å². The molecule has 2 aromatic rings. The molecule has 0 radical (unpaired) electrons. The Kier molecular flexibility index (Phi) is 3.76. The number of aryl methyl sites for hydroxylation is 1. The summed E-state index contributed by atoms with van der Waals surface area (Å²) in [4.78, 5) is 22.0. The van der Waals surface area contributed by atoms with Gasteiger partial charge in [-0.05, 0) is 6.07 Å². The van der Waals surface area contributed by atoms with Crippen molar-refractivity contribution in [1.82, 2.24) is 19.4 Å². The second-order valence-corrected chi connectivity index (χ2v) is 4.18. The number of imidazole rings is 1. The molecule has 7 heteroatoms. The minimum absolute atomic E-state index is 0.163. The molecule has 0 aliphatic rings. The third-order valence-electron chi connectivity index (χ3n) is 2.85. The van der Waals surface area contributed by atoms with E-state index in [2.05, 4.69) is 15.4 Å². The molecular weight excluding hydrogens is 244 g/mol. The number of hydrazine groups is 1. The first-order valence-corrected chi connectivity index (χ1v) is 5.75. The van der Waals surface area contributed by atoms with Crippen LogP contribution in [0.4, 0.5) is 5.69 Å². The zero-order valence-electron chi connectivity index (χ0n) is 10.9. The fourth-order valence-electron chi connectivity index (χ4n) is 1.73. The minimum Gasteiger partial charge on any atom is -0.337 e. The monoisotopic (exact) mass is 260 g/mol. The number of amides is 1. The van der Waals surface area contributed by atoms with E-state index >= 15 is 0 Å². The molecule has 0 spiro atoms. The topological polar surface area (TPSA) is 89.1 Å². The van der Waals surface area contributed by atoms with Gasteiger partial charge < -0.3 is 14.9 Å². The van der Waals surface area contributed by atoms with Crippen LogP contribution in [0.5, 0.6) is 0 Å². The molecule has 2 aromatic heterocycles. The van der Waals surface area contributed by atoms with E-state index < -0.39 is 0 Å². The maximum Gasteiger partial charge on any atom is 0.257 e. The second-order valence-electron chi connectivity index (χ2n) is 4.18. The third-order valence-corrected chi connectivity index (χ3v) is 2.85. The molecule has 0 bridgehead atoms. The van der Waals surface area contributed by atoms with Gasteiger partial charge in [0.05, 0.1) is 17.8 Å². The highest BCUT2D eigenvalue weighted by Gasteiger charge is 2.17. The van der Waals surface area contributed by atoms with Gasteiger partial charge in [0.25, 0.3) is 5.91 Å². The highest BCUT2D eigenvalue weighted by Crippen LogP contribution is 2.15. The maximum absolute atomic E-state index is 12.3. The molecule has 100 valence electrons. The quantitative estimate of drug-likeness (QED) is 0.612. The van der Waals surface area contributed by atoms with E-state index in [0.29, 0.717) is 17.8 Å². The zero-order valence-corrected chi connectivity index (χ0v) is 10.9. The number of hydrogen-bond acceptors (Lipinski definition) is 5. The number of rotatable bonds is 4. The predicted octanol–water partition coefficient (Wildman–Crippen LogP) is 0.373. The SMILES string of the molecule is CN(Cc1nccn1C)C(=O)c1cnccc1NN. The molecule has 0 saturated heterocycles. The summed E-state index contributed by atoms with van der Waals surface area (Å²) in [6, 6.07) is 1.65. The van der Waals surface area contributed by atoms with Gasteiger partial charge in [0.2, 0.25) is 0 Å². The molecule has 0 unspecified atom stereocenters. The van der Waals surface area contributed by atoms with Gasteiger partial charge in [-0.2, -0.15) is 0 Å². The zero-order chi connectivity index (χ0) is 13.8. The van der Waals surface area contributed by atoms with Crippen molar-refractivity contribution in [3.63, 3.8) is 0 Å². The van der Waals surface area contributed by atoms with Crippen LogP contribution in [0.15, 0.2) is 30.9 Å². The fourth-order valence-corrected chi connectivity index (χ4v) is 1.73. The summed E-state index contributed by atoms with van der Waals surface area (Å²) in [5.74, 6) is 6.03. The lowest BCUT2D eigenvalue weighted by molar-refractivity contribution is 0.0781. The summed E-state index contributed by atoms with van der Waals surface area (Å²) in [5.41, 5.74) is 3.47. The Hall–Kier alpha value is -2.41. The van der Waals surface area contributed by atoms with E-state index in [0.717, 1.165) is 5.82 Å². The van der Waals surface area contributed by atoms with Crippen molar-refractivity contribution in [2.24, 2.45) is 12.9 Å². The number of carbonyl (C=O) groups is 1. The average Bonchev–Trinajstić information content (AvgIpc) is 2.83. The first-order chi connectivity index (χ1) is 9.13. The first-order valence-electron chi connectivity index (χ1n) is 5.75. The number of aromatic nitrogens is 3. The van der Waals surface area contributed by atoms with Crippen molar-refractivity contribution in [1.29, 1.82) is 0 Å². The summed E-state index contributed by atoms with van der Waals surface area (Å²) in [6.45, 7) is 0.418. The van der Waals surface area contributed by atoms with Crippen LogP contribution in [0, 0.1) is 0 Å². The van der Waals surface area contributed by atoms with Crippen molar-refractivity contribution in [2.75, 3.05) is 12.5 Å². The lowest BCUT2D eigenvalue weighted by Gasteiger charge is -2.18. The molecule has 3 N–H and O–H groups in total. The number of hydrogen-bond donors (Lipinski definition) is 2. The van der Waals surface area contributed by atoms with Crippen molar-refractivity contribution in [3.05, 3.63) is 42.2 Å². The second kappa shape index (κ2) is 5.49. The van der Waals surface area contributed by atoms with Crippen LogP contribution in [0.3, 0.4) is 0 Å². The minimum atomic E-state index is -0.163. The molecule has 0 saturated carbocycles. The number of nitrogens with one attached hydrogen (secondary N) is 1. The van der Waals surface area contributed by atoms with Gasteiger partial charge >= 0.3 is 0 Å². The van der Waals surface area contributed by atoms with Gasteiger partial charge in [0, 0.05) is 38.9 Å². The third kappa shape index (κ3) is 2.71. The Labute approximate surface area is 111 Å². The number of nitrogen functional groups attached to an aromatic ring is 1. The van der Waals surface area contributed by atoms with Crippen molar-refractivity contribution < 1.29 is 4.79 Å². The molecule has 2 rings (SSSR count). The van der Waals surface area contributed by atoms with Crippen LogP contribution < -0.4 is 11.3 Å². The van der Waals surface area contributed by atoms with Gasteiger partial charge in [-0.25, -0.2) is 4.98 Å². The molecule has 1 amide bonds. The highest BCUT2D eigenvalue weighted by molar-refractivity contribution is 5.98. The Bertz CT molecular complexity index is 579. The summed E-state index contributed by atoms with van der Waals surface area (Å²) in [6.07, 6.45) is 6.60. The number of nitrogens with two attached hydrogens (primary N) is 1. The summed E-state index contributed by atoms with van der Waals surface area (Å²) in [7, 11) is 3.60. The number of nitrogens with zero attached hydrogens (tertiary/aromatic N) is 4. The van der Waals surface area contributed by atoms with Crippen molar-refractivity contribution >= 4 is 11.6 Å². The maximum atomic E-state index is 12.3. The van der Waals surface area contributed by atoms with E-state index in [4.69, 9.17) is 5.84 Å². The van der Waals surface area contributed by atoms with E-state index in [1.54, 1.807) is 30.4 Å². The molecule has 0 aliphatic carbocycles. The molecule has 19 heavy (non-hydrogen) atoms. The first kappa shape index (κ1) is 13.0. The van der Waals surface area contributed by atoms with Crippen LogP contribution in [-0.2, 0) is 13.6 Å². The molecule has 0 atom stereocenters. The number of pyridine rings is 1.